The number of primary amides is 1. The van der Waals surface area contributed by atoms with Crippen molar-refractivity contribution in [3.05, 3.63) is 59.2 Å². The second kappa shape index (κ2) is 9.36. The third-order valence-corrected chi connectivity index (χ3v) is 7.49. The molecule has 1 aliphatic carbocycles. The summed E-state index contributed by atoms with van der Waals surface area (Å²) in [5.41, 5.74) is 2.18. The van der Waals surface area contributed by atoms with Crippen LogP contribution in [0.25, 0.3) is 33.3 Å². The van der Waals surface area contributed by atoms with Gasteiger partial charge in [-0.25, -0.2) is 24.1 Å². The van der Waals surface area contributed by atoms with Gasteiger partial charge >= 0.3 is 11.9 Å². The fourth-order valence-corrected chi connectivity index (χ4v) is 5.43. The molecule has 5 aromatic heterocycles. The summed E-state index contributed by atoms with van der Waals surface area (Å²) in [7, 11) is 0. The molecule has 0 bridgehead atoms. The molecule has 5 aromatic rings. The van der Waals surface area contributed by atoms with Crippen molar-refractivity contribution in [3.63, 3.8) is 0 Å². The van der Waals surface area contributed by atoms with Crippen molar-refractivity contribution in [2.24, 2.45) is 12.7 Å². The lowest BCUT2D eigenvalue weighted by molar-refractivity contribution is -0.137. The van der Waals surface area contributed by atoms with Crippen molar-refractivity contribution in [2.45, 2.75) is 50.6 Å². The highest BCUT2D eigenvalue weighted by Gasteiger charge is 2.52. The molecule has 0 spiro atoms. The number of rotatable bonds is 6. The van der Waals surface area contributed by atoms with Gasteiger partial charge in [-0.05, 0) is 26.0 Å². The van der Waals surface area contributed by atoms with Crippen LogP contribution in [0.1, 0.15) is 42.4 Å². The van der Waals surface area contributed by atoms with Gasteiger partial charge in [0, 0.05) is 59.6 Å². The van der Waals surface area contributed by atoms with Crippen LogP contribution in [0.4, 0.5) is 29.2 Å². The molecule has 1 amide bonds. The largest absolute Gasteiger partial charge is 0.417 e. The maximum atomic E-state index is 14.1. The smallest absolute Gasteiger partial charge is 0.368 e. The molecular weight excluding hydrogens is 558 g/mol. The maximum Gasteiger partial charge on any atom is 0.417 e. The van der Waals surface area contributed by atoms with Crippen molar-refractivity contribution < 1.29 is 26.5 Å². The number of imidazole rings is 2. The van der Waals surface area contributed by atoms with Gasteiger partial charge in [0.2, 0.25) is 5.91 Å². The first-order valence-electron chi connectivity index (χ1n) is 14.3. The third-order valence-electron chi connectivity index (χ3n) is 7.49. The minimum Gasteiger partial charge on any atom is -0.368 e. The quantitative estimate of drug-likeness (QED) is 0.285. The fourth-order valence-electron chi connectivity index (χ4n) is 5.43. The molecule has 0 saturated heterocycles. The Morgan fingerprint density at radius 3 is 2.57 bits per heavy atom. The van der Waals surface area contributed by atoms with E-state index in [1.807, 2.05) is 0 Å². The van der Waals surface area contributed by atoms with Crippen LogP contribution in [-0.4, -0.2) is 45.7 Å². The van der Waals surface area contributed by atoms with Gasteiger partial charge in [0.15, 0.2) is 5.65 Å². The highest BCUT2D eigenvalue weighted by molar-refractivity contribution is 5.95. The van der Waals surface area contributed by atoms with E-state index in [4.69, 9.17) is 9.85 Å². The average molecular weight is 587 g/mol. The summed E-state index contributed by atoms with van der Waals surface area (Å²) >= 11 is 0. The molecule has 42 heavy (non-hydrogen) atoms. The van der Waals surface area contributed by atoms with Crippen LogP contribution < -0.4 is 16.7 Å². The minimum atomic E-state index is -4.77. The molecule has 3 N–H and O–H groups in total. The Hall–Kier alpha value is -4.82. The van der Waals surface area contributed by atoms with Crippen molar-refractivity contribution in [1.29, 1.82) is 0 Å². The van der Waals surface area contributed by atoms with Crippen molar-refractivity contribution in [3.8, 4) is 11.1 Å². The van der Waals surface area contributed by atoms with Crippen molar-refractivity contribution >= 4 is 39.7 Å². The molecular formula is C27H25F4N9O2. The summed E-state index contributed by atoms with van der Waals surface area (Å²) in [6, 6.07) is 3.08. The van der Waals surface area contributed by atoms with Crippen molar-refractivity contribution in [2.75, 3.05) is 5.32 Å². The third kappa shape index (κ3) is 4.10. The molecule has 15 heteroatoms. The number of nitrogens with one attached hydrogen (secondary N) is 1. The van der Waals surface area contributed by atoms with Crippen LogP contribution in [0, 0.1) is 0 Å². The summed E-state index contributed by atoms with van der Waals surface area (Å²) in [5.74, 6) is -0.831. The molecule has 0 aliphatic heterocycles. The Balaban J connectivity index is 1.57. The Labute approximate surface area is 239 Å². The number of carbonyl (C=O) groups excluding carboxylic acids is 1. The van der Waals surface area contributed by atoms with Crippen LogP contribution in [0.3, 0.4) is 0 Å². The molecule has 0 aromatic carbocycles. The van der Waals surface area contributed by atoms with Gasteiger partial charge in [-0.15, -0.1) is 0 Å². The number of hydrogen-bond acceptors (Lipinski definition) is 7. The van der Waals surface area contributed by atoms with Gasteiger partial charge in [0.25, 0.3) is 0 Å². The monoisotopic (exact) mass is 586 g/mol. The van der Waals surface area contributed by atoms with Crippen LogP contribution in [0.2, 0.25) is 0 Å². The number of anilines is 2. The van der Waals surface area contributed by atoms with Crippen LogP contribution in [0.15, 0.2) is 47.9 Å². The van der Waals surface area contributed by atoms with Crippen LogP contribution in [-0.2, 0) is 23.5 Å². The molecule has 1 aliphatic rings. The molecule has 5 heterocycles. The molecule has 1 saturated carbocycles. The topological polar surface area (TPSA) is 139 Å². The Bertz CT molecular complexity index is 2040. The number of halogens is 4. The molecule has 1 fully saturated rings. The summed E-state index contributed by atoms with van der Waals surface area (Å²) in [6.45, 7) is 0.608. The van der Waals surface area contributed by atoms with E-state index in [0.29, 0.717) is 4.57 Å². The molecule has 6 rings (SSSR count). The zero-order valence-corrected chi connectivity index (χ0v) is 22.1. The zero-order valence-electron chi connectivity index (χ0n) is 25.1. The predicted octanol–water partition coefficient (Wildman–Crippen LogP) is 4.20. The number of hydrogen-bond donors (Lipinski definition) is 2. The van der Waals surface area contributed by atoms with E-state index in [1.54, 1.807) is 13.8 Å². The highest BCUT2D eigenvalue weighted by Crippen LogP contribution is 2.45. The van der Waals surface area contributed by atoms with Gasteiger partial charge in [-0.2, -0.15) is 13.2 Å². The van der Waals surface area contributed by atoms with Gasteiger partial charge in [0.05, 0.1) is 29.1 Å². The van der Waals surface area contributed by atoms with E-state index >= 15 is 0 Å². The summed E-state index contributed by atoms with van der Waals surface area (Å²) < 4.78 is 83.0. The molecule has 218 valence electrons. The molecule has 0 atom stereocenters. The van der Waals surface area contributed by atoms with E-state index in [-0.39, 0.29) is 57.8 Å². The average Bonchev–Trinajstić information content (AvgIpc) is 3.48. The van der Waals surface area contributed by atoms with Gasteiger partial charge in [-0.3, -0.25) is 23.5 Å². The van der Waals surface area contributed by atoms with Gasteiger partial charge in [-0.1, -0.05) is 0 Å². The maximum absolute atomic E-state index is 14.1. The minimum absolute atomic E-state index is 0.0196. The Kier molecular flexibility index (Phi) is 5.31. The number of pyridine rings is 3. The summed E-state index contributed by atoms with van der Waals surface area (Å²) in [5, 5.41) is 2.91. The summed E-state index contributed by atoms with van der Waals surface area (Å²) in [6.07, 6.45) is -2.24. The number of fused-ring (bicyclic) bond motifs is 2. The first-order valence-corrected chi connectivity index (χ1v) is 12.8. The lowest BCUT2D eigenvalue weighted by atomic mass is 9.74. The van der Waals surface area contributed by atoms with E-state index < -0.39 is 48.1 Å². The second-order valence-corrected chi connectivity index (χ2v) is 10.4. The molecule has 0 unspecified atom stereocenters. The van der Waals surface area contributed by atoms with E-state index in [0.717, 1.165) is 18.5 Å². The van der Waals surface area contributed by atoms with Crippen molar-refractivity contribution in [1.82, 2.24) is 33.6 Å². The first-order chi connectivity index (χ1) is 21.0. The number of nitrogens with two attached hydrogens (primary N) is 1. The molecule has 11 nitrogen and oxygen atoms in total. The van der Waals surface area contributed by atoms with E-state index in [2.05, 4.69) is 25.3 Å². The normalized spacial score (nSPS) is 20.4. The lowest BCUT2D eigenvalue weighted by Gasteiger charge is -2.42. The van der Waals surface area contributed by atoms with Crippen LogP contribution in [0.5, 0.6) is 0 Å². The number of aryl methyl sites for hydroxylation is 1. The predicted molar refractivity (Wildman–Crippen MR) is 146 cm³/mol. The SMILES string of the molecule is [2H]C([2H])([2H])n1c(=O)n(C(C)C)c2cc(Nc3cc(-c4cnccc4C(F)(F)F)c4ncn(C5(C(N)=O)CC(F)C5)c4n3)ncc21. The summed E-state index contributed by atoms with van der Waals surface area (Å²) in [4.78, 5) is 42.5. The number of nitrogens with zero attached hydrogens (tertiary/aromatic N) is 7. The number of aromatic nitrogens is 7. The first kappa shape index (κ1) is 23.8. The van der Waals surface area contributed by atoms with Gasteiger partial charge < -0.3 is 11.1 Å². The van der Waals surface area contributed by atoms with Crippen LogP contribution >= 0.6 is 0 Å². The molecule has 0 radical (unpaired) electrons. The Morgan fingerprint density at radius 2 is 1.93 bits per heavy atom. The standard InChI is InChI=1S/C27H25F4N9O2/c1-13(2)40-18-7-20(34-11-19(18)38(3)25(40)42)36-21-6-15(16-10-33-5-4-17(16)27(29,30)31)22-23(37-21)39(12-35-22)26(24(32)41)8-14(28)9-26/h4-7,10-14H,8-9H2,1-3H3,(H2,32,41)(H,34,36,37)/i3D3. The fraction of sp³-hybridized carbons (Fsp3) is 0.333. The second-order valence-electron chi connectivity index (χ2n) is 10.4. The Morgan fingerprint density at radius 1 is 1.17 bits per heavy atom. The van der Waals surface area contributed by atoms with Gasteiger partial charge in [0.1, 0.15) is 28.9 Å². The number of amides is 1. The number of carbonyl (C=O) groups is 1. The highest BCUT2D eigenvalue weighted by atomic mass is 19.4. The van der Waals surface area contributed by atoms with E-state index in [1.165, 1.54) is 33.8 Å². The lowest BCUT2D eigenvalue weighted by Crippen LogP contribution is -2.56. The number of alkyl halides is 4. The zero-order chi connectivity index (χ0) is 32.6. The van der Waals surface area contributed by atoms with E-state index in [9.17, 15) is 27.2 Å².